The van der Waals surface area contributed by atoms with E-state index in [1.54, 1.807) is 36.4 Å². The van der Waals surface area contributed by atoms with Crippen LogP contribution >= 0.6 is 0 Å². The summed E-state index contributed by atoms with van der Waals surface area (Å²) >= 11 is 0. The van der Waals surface area contributed by atoms with Crippen LogP contribution in [0.5, 0.6) is 11.5 Å². The van der Waals surface area contributed by atoms with Gasteiger partial charge in [-0.15, -0.1) is 0 Å². The summed E-state index contributed by atoms with van der Waals surface area (Å²) in [5.41, 5.74) is 3.91. The molecule has 0 aliphatic carbocycles. The first-order valence-corrected chi connectivity index (χ1v) is 11.7. The number of rotatable bonds is 6. The van der Waals surface area contributed by atoms with Crippen LogP contribution in [0.2, 0.25) is 0 Å². The number of ether oxygens (including phenoxy) is 2. The molecule has 0 spiro atoms. The Morgan fingerprint density at radius 1 is 0.605 bits per heavy atom. The van der Waals surface area contributed by atoms with E-state index in [9.17, 15) is 19.2 Å². The first-order valence-electron chi connectivity index (χ1n) is 11.7. The highest BCUT2D eigenvalue weighted by atomic mass is 16.5. The third kappa shape index (κ3) is 5.27. The molecule has 0 fully saturated rings. The molecule has 1 aliphatic heterocycles. The largest absolute Gasteiger partial charge is 0.423 e. The predicted octanol–water partition coefficient (Wildman–Crippen LogP) is 5.53. The van der Waals surface area contributed by atoms with Gasteiger partial charge < -0.3 is 9.47 Å². The zero-order valence-corrected chi connectivity index (χ0v) is 20.3. The van der Waals surface area contributed by atoms with E-state index >= 15 is 0 Å². The van der Waals surface area contributed by atoms with Crippen LogP contribution in [0.3, 0.4) is 0 Å². The molecule has 4 aromatic carbocycles. The van der Waals surface area contributed by atoms with E-state index in [1.165, 1.54) is 36.4 Å². The number of amides is 2. The lowest BCUT2D eigenvalue weighted by atomic mass is 10.1. The summed E-state index contributed by atoms with van der Waals surface area (Å²) in [4.78, 5) is 49.5. The molecular weight excluding hydrogens is 482 g/mol. The number of aryl methyl sites for hydroxylation is 1. The summed E-state index contributed by atoms with van der Waals surface area (Å²) in [5.74, 6) is -1.04. The maximum absolute atomic E-state index is 12.6. The number of benzene rings is 4. The van der Waals surface area contributed by atoms with Crippen molar-refractivity contribution < 1.29 is 28.7 Å². The molecule has 0 N–H and O–H groups in total. The normalized spacial score (nSPS) is 12.5. The van der Waals surface area contributed by atoms with Crippen LogP contribution < -0.4 is 14.4 Å². The van der Waals surface area contributed by atoms with E-state index in [2.05, 4.69) is 0 Å². The van der Waals surface area contributed by atoms with Crippen molar-refractivity contribution in [3.05, 3.63) is 126 Å². The van der Waals surface area contributed by atoms with Gasteiger partial charge in [0.1, 0.15) is 11.5 Å². The topological polar surface area (TPSA) is 90.0 Å². The molecule has 186 valence electrons. The van der Waals surface area contributed by atoms with E-state index < -0.39 is 23.8 Å². The molecule has 1 aliphatic rings. The maximum Gasteiger partial charge on any atom is 0.343 e. The van der Waals surface area contributed by atoms with Crippen LogP contribution in [0.15, 0.2) is 109 Å². The maximum atomic E-state index is 12.6. The highest BCUT2D eigenvalue weighted by Gasteiger charge is 2.25. The third-order valence-electron chi connectivity index (χ3n) is 5.89. The second-order valence-electron chi connectivity index (χ2n) is 8.59. The fourth-order valence-electron chi connectivity index (χ4n) is 3.94. The van der Waals surface area contributed by atoms with Crippen LogP contribution in [0, 0.1) is 6.92 Å². The van der Waals surface area contributed by atoms with Gasteiger partial charge in [0.05, 0.1) is 16.8 Å². The molecule has 7 nitrogen and oxygen atoms in total. The van der Waals surface area contributed by atoms with Crippen LogP contribution in [-0.2, 0) is 9.59 Å². The number of esters is 2. The van der Waals surface area contributed by atoms with Crippen molar-refractivity contribution in [1.82, 2.24) is 0 Å². The van der Waals surface area contributed by atoms with E-state index in [0.717, 1.165) is 21.6 Å². The smallest absolute Gasteiger partial charge is 0.343 e. The second-order valence-corrected chi connectivity index (χ2v) is 8.59. The molecule has 0 saturated carbocycles. The fourth-order valence-corrected chi connectivity index (χ4v) is 3.94. The fraction of sp³-hybridized carbons (Fsp3) is 0.0323. The minimum absolute atomic E-state index is 0.278. The van der Waals surface area contributed by atoms with Gasteiger partial charge >= 0.3 is 11.9 Å². The molecule has 0 bridgehead atoms. The van der Waals surface area contributed by atoms with Crippen LogP contribution in [0.25, 0.3) is 11.1 Å². The molecule has 0 radical (unpaired) electrons. The molecule has 0 atom stereocenters. The van der Waals surface area contributed by atoms with Gasteiger partial charge in [0.25, 0.3) is 11.8 Å². The minimum atomic E-state index is -0.568. The van der Waals surface area contributed by atoms with Crippen molar-refractivity contribution in [3.63, 3.8) is 0 Å². The van der Waals surface area contributed by atoms with Crippen LogP contribution in [-0.4, -0.2) is 23.8 Å². The van der Waals surface area contributed by atoms with Crippen molar-refractivity contribution in [1.29, 1.82) is 0 Å². The monoisotopic (exact) mass is 503 g/mol. The Balaban J connectivity index is 1.20. The average Bonchev–Trinajstić information content (AvgIpc) is 3.27. The second kappa shape index (κ2) is 10.4. The summed E-state index contributed by atoms with van der Waals surface area (Å²) < 4.78 is 10.9. The molecule has 0 aromatic heterocycles. The Kier molecular flexibility index (Phi) is 6.65. The van der Waals surface area contributed by atoms with Gasteiger partial charge in [0.2, 0.25) is 0 Å². The van der Waals surface area contributed by atoms with Crippen molar-refractivity contribution in [2.24, 2.45) is 0 Å². The lowest BCUT2D eigenvalue weighted by molar-refractivity contribution is -0.120. The van der Waals surface area contributed by atoms with Gasteiger partial charge in [-0.25, -0.2) is 14.5 Å². The number of nitrogens with zero attached hydrogens (tertiary/aromatic N) is 1. The molecule has 5 rings (SSSR count). The molecule has 4 aromatic rings. The summed E-state index contributed by atoms with van der Waals surface area (Å²) in [7, 11) is 0. The zero-order valence-electron chi connectivity index (χ0n) is 20.3. The van der Waals surface area contributed by atoms with Gasteiger partial charge in [-0.2, -0.15) is 0 Å². The standard InChI is InChI=1S/C31H21NO6/c1-20-3-2-4-24(19-20)31(36)38-27-15-9-22(10-16-27)21-7-13-26(14-8-21)37-30(35)23-5-11-25(12-6-23)32-28(33)17-18-29(32)34/h2-19H,1H3. The Morgan fingerprint density at radius 3 is 1.61 bits per heavy atom. The number of hydrogen-bond donors (Lipinski definition) is 0. The Labute approximate surface area is 218 Å². The van der Waals surface area contributed by atoms with Crippen molar-refractivity contribution >= 4 is 29.4 Å². The number of carbonyl (C=O) groups is 4. The summed E-state index contributed by atoms with van der Waals surface area (Å²) in [6.07, 6.45) is 2.40. The van der Waals surface area contributed by atoms with Crippen molar-refractivity contribution in [2.45, 2.75) is 6.92 Å². The highest BCUT2D eigenvalue weighted by molar-refractivity contribution is 6.28. The van der Waals surface area contributed by atoms with E-state index in [-0.39, 0.29) is 5.56 Å². The van der Waals surface area contributed by atoms with Gasteiger partial charge in [-0.1, -0.05) is 42.0 Å². The summed E-state index contributed by atoms with van der Waals surface area (Å²) in [5, 5.41) is 0. The number of imide groups is 1. The number of anilines is 1. The van der Waals surface area contributed by atoms with Crippen molar-refractivity contribution in [2.75, 3.05) is 4.90 Å². The lowest BCUT2D eigenvalue weighted by Crippen LogP contribution is -2.29. The molecule has 38 heavy (non-hydrogen) atoms. The third-order valence-corrected chi connectivity index (χ3v) is 5.89. The summed E-state index contributed by atoms with van der Waals surface area (Å²) in [6.45, 7) is 1.91. The molecular formula is C31H21NO6. The minimum Gasteiger partial charge on any atom is -0.423 e. The van der Waals surface area contributed by atoms with Crippen LogP contribution in [0.1, 0.15) is 26.3 Å². The molecule has 0 saturated heterocycles. The van der Waals surface area contributed by atoms with E-state index in [4.69, 9.17) is 9.47 Å². The molecule has 7 heteroatoms. The molecule has 0 unspecified atom stereocenters. The quantitative estimate of drug-likeness (QED) is 0.195. The highest BCUT2D eigenvalue weighted by Crippen LogP contribution is 2.26. The predicted molar refractivity (Wildman–Crippen MR) is 141 cm³/mol. The van der Waals surface area contributed by atoms with E-state index in [1.807, 2.05) is 43.3 Å². The number of hydrogen-bond acceptors (Lipinski definition) is 6. The Hall–Kier alpha value is -5.30. The average molecular weight is 504 g/mol. The van der Waals surface area contributed by atoms with Crippen molar-refractivity contribution in [3.8, 4) is 22.6 Å². The van der Waals surface area contributed by atoms with Gasteiger partial charge in [-0.05, 0) is 78.7 Å². The first kappa shape index (κ1) is 24.4. The zero-order chi connectivity index (χ0) is 26.6. The van der Waals surface area contributed by atoms with Gasteiger partial charge in [0, 0.05) is 12.2 Å². The van der Waals surface area contributed by atoms with Crippen LogP contribution in [0.4, 0.5) is 5.69 Å². The SMILES string of the molecule is Cc1cccc(C(=O)Oc2ccc(-c3ccc(OC(=O)c4ccc(N5C(=O)C=CC5=O)cc4)cc3)cc2)c1. The molecule has 1 heterocycles. The Morgan fingerprint density at radius 2 is 1.11 bits per heavy atom. The first-order chi connectivity index (χ1) is 18.4. The number of carbonyl (C=O) groups excluding carboxylic acids is 4. The van der Waals surface area contributed by atoms with E-state index in [0.29, 0.717) is 22.7 Å². The Bertz CT molecular complexity index is 1550. The van der Waals surface area contributed by atoms with Gasteiger partial charge in [-0.3, -0.25) is 9.59 Å². The lowest BCUT2D eigenvalue weighted by Gasteiger charge is -2.14. The molecule has 2 amide bonds. The van der Waals surface area contributed by atoms with Gasteiger partial charge in [0.15, 0.2) is 0 Å². The summed E-state index contributed by atoms with van der Waals surface area (Å²) in [6, 6.07) is 27.4.